The normalized spacial score (nSPS) is 14.3. The molecule has 0 saturated carbocycles. The van der Waals surface area contributed by atoms with Crippen LogP contribution in [0.2, 0.25) is 0 Å². The molecule has 0 radical (unpaired) electrons. The second kappa shape index (κ2) is 6.87. The van der Waals surface area contributed by atoms with Crippen molar-refractivity contribution in [2.45, 2.75) is 64.7 Å². The lowest BCUT2D eigenvalue weighted by atomic mass is 9.77. The number of aryl methyl sites for hydroxylation is 1. The molecule has 2 aromatic rings. The molecule has 0 bridgehead atoms. The summed E-state index contributed by atoms with van der Waals surface area (Å²) in [6.07, 6.45) is 8.68. The summed E-state index contributed by atoms with van der Waals surface area (Å²) in [7, 11) is 2.01. The summed E-state index contributed by atoms with van der Waals surface area (Å²) < 4.78 is 6.80. The average molecular weight is 290 g/mol. The zero-order chi connectivity index (χ0) is 15.3. The molecule has 2 heterocycles. The third-order valence-electron chi connectivity index (χ3n) is 4.22. The van der Waals surface area contributed by atoms with Gasteiger partial charge in [-0.25, -0.2) is 0 Å². The van der Waals surface area contributed by atoms with Crippen LogP contribution in [0.15, 0.2) is 17.0 Å². The molecule has 116 valence electrons. The Morgan fingerprint density at radius 3 is 2.62 bits per heavy atom. The van der Waals surface area contributed by atoms with E-state index in [9.17, 15) is 0 Å². The van der Waals surface area contributed by atoms with Crippen LogP contribution in [0.5, 0.6) is 0 Å². The number of hydrogen-bond acceptors (Lipinski definition) is 4. The van der Waals surface area contributed by atoms with Crippen LogP contribution in [0, 0.1) is 0 Å². The molecule has 0 N–H and O–H groups in total. The number of unbranched alkanes of at least 4 members (excludes halogenated alkanes) is 2. The van der Waals surface area contributed by atoms with E-state index in [4.69, 9.17) is 4.52 Å². The first-order valence-corrected chi connectivity index (χ1v) is 7.92. The summed E-state index contributed by atoms with van der Waals surface area (Å²) in [5.74, 6) is 0.559. The highest BCUT2D eigenvalue weighted by molar-refractivity contribution is 5.49. The van der Waals surface area contributed by atoms with Gasteiger partial charge in [-0.05, 0) is 18.9 Å². The number of aromatic nitrogens is 4. The van der Waals surface area contributed by atoms with Crippen LogP contribution in [0.25, 0.3) is 11.5 Å². The van der Waals surface area contributed by atoms with Crippen molar-refractivity contribution in [1.82, 2.24) is 19.9 Å². The minimum absolute atomic E-state index is 0.160. The number of hydrogen-bond donors (Lipinski definition) is 0. The van der Waals surface area contributed by atoms with Gasteiger partial charge in [0.1, 0.15) is 5.69 Å². The van der Waals surface area contributed by atoms with E-state index < -0.39 is 0 Å². The lowest BCUT2D eigenvalue weighted by Gasteiger charge is -2.29. The third-order valence-corrected chi connectivity index (χ3v) is 4.22. The minimum atomic E-state index is 0.160. The lowest BCUT2D eigenvalue weighted by molar-refractivity contribution is 0.355. The highest BCUT2D eigenvalue weighted by Crippen LogP contribution is 2.35. The Hall–Kier alpha value is -1.65. The van der Waals surface area contributed by atoms with E-state index >= 15 is 0 Å². The van der Waals surface area contributed by atoms with Crippen molar-refractivity contribution in [2.24, 2.45) is 7.05 Å². The topological polar surface area (TPSA) is 56.7 Å². The van der Waals surface area contributed by atoms with Gasteiger partial charge in [0.15, 0.2) is 0 Å². The quantitative estimate of drug-likeness (QED) is 0.686. The van der Waals surface area contributed by atoms with Crippen LogP contribution in [-0.4, -0.2) is 19.9 Å². The second-order valence-electron chi connectivity index (χ2n) is 6.06. The first kappa shape index (κ1) is 15.7. The summed E-state index contributed by atoms with van der Waals surface area (Å²) in [6, 6.07) is 2.12. The molecule has 5 heteroatoms. The van der Waals surface area contributed by atoms with Crippen molar-refractivity contribution in [2.75, 3.05) is 0 Å². The Morgan fingerprint density at radius 2 is 2.00 bits per heavy atom. The van der Waals surface area contributed by atoms with Crippen LogP contribution in [-0.2, 0) is 12.5 Å². The fourth-order valence-electron chi connectivity index (χ4n) is 3.12. The maximum Gasteiger partial charge on any atom is 0.222 e. The number of rotatable bonds is 8. The second-order valence-corrected chi connectivity index (χ2v) is 6.06. The third kappa shape index (κ3) is 3.52. The first-order chi connectivity index (χ1) is 10.1. The molecule has 0 aliphatic carbocycles. The van der Waals surface area contributed by atoms with E-state index in [0.717, 1.165) is 5.69 Å². The van der Waals surface area contributed by atoms with Gasteiger partial charge in [0.05, 0.1) is 0 Å². The Balaban J connectivity index is 2.27. The molecular formula is C16H26N4O. The zero-order valence-corrected chi connectivity index (χ0v) is 13.6. The van der Waals surface area contributed by atoms with Gasteiger partial charge in [0.2, 0.25) is 12.2 Å². The highest BCUT2D eigenvalue weighted by Gasteiger charge is 2.29. The average Bonchev–Trinajstić information content (AvgIpc) is 3.08. The summed E-state index contributed by atoms with van der Waals surface area (Å²) in [4.78, 5) is 4.09. The monoisotopic (exact) mass is 290 g/mol. The van der Waals surface area contributed by atoms with Crippen molar-refractivity contribution in [3.8, 4) is 11.5 Å². The van der Waals surface area contributed by atoms with Crippen molar-refractivity contribution in [1.29, 1.82) is 0 Å². The van der Waals surface area contributed by atoms with Gasteiger partial charge in [-0.15, -0.1) is 0 Å². The lowest BCUT2D eigenvalue weighted by Crippen LogP contribution is -2.25. The van der Waals surface area contributed by atoms with Crippen molar-refractivity contribution >= 4 is 0 Å². The smallest absolute Gasteiger partial charge is 0.222 e. The molecule has 0 aliphatic rings. The number of nitrogens with zero attached hydrogens (tertiary/aromatic N) is 4. The van der Waals surface area contributed by atoms with Crippen molar-refractivity contribution < 1.29 is 4.52 Å². The van der Waals surface area contributed by atoms with Crippen LogP contribution >= 0.6 is 0 Å². The van der Waals surface area contributed by atoms with E-state index in [0.29, 0.717) is 5.82 Å². The van der Waals surface area contributed by atoms with Gasteiger partial charge >= 0.3 is 0 Å². The SMILES string of the molecule is CCCCCC(C)(CCC)c1cc(-c2ncon2)nn1C. The summed E-state index contributed by atoms with van der Waals surface area (Å²) in [5.41, 5.74) is 2.22. The minimum Gasteiger partial charge on any atom is -0.342 e. The van der Waals surface area contributed by atoms with Gasteiger partial charge in [-0.1, -0.05) is 51.6 Å². The molecule has 1 atom stereocenters. The fourth-order valence-corrected chi connectivity index (χ4v) is 3.12. The maximum absolute atomic E-state index is 4.82. The van der Waals surface area contributed by atoms with E-state index in [1.165, 1.54) is 50.6 Å². The van der Waals surface area contributed by atoms with Gasteiger partial charge in [0.25, 0.3) is 0 Å². The molecule has 21 heavy (non-hydrogen) atoms. The van der Waals surface area contributed by atoms with Crippen LogP contribution < -0.4 is 0 Å². The van der Waals surface area contributed by atoms with Gasteiger partial charge in [-0.3, -0.25) is 4.68 Å². The largest absolute Gasteiger partial charge is 0.342 e. The molecule has 0 spiro atoms. The Morgan fingerprint density at radius 1 is 1.19 bits per heavy atom. The molecule has 2 rings (SSSR count). The Bertz CT molecular complexity index is 547. The van der Waals surface area contributed by atoms with Crippen molar-refractivity contribution in [3.05, 3.63) is 18.2 Å². The fraction of sp³-hybridized carbons (Fsp3) is 0.688. The van der Waals surface area contributed by atoms with Gasteiger partial charge in [0, 0.05) is 18.2 Å². The van der Waals surface area contributed by atoms with E-state index in [2.05, 4.69) is 42.1 Å². The molecule has 0 saturated heterocycles. The van der Waals surface area contributed by atoms with E-state index in [1.54, 1.807) is 0 Å². The molecule has 0 amide bonds. The molecule has 5 nitrogen and oxygen atoms in total. The molecule has 0 fully saturated rings. The molecule has 0 aromatic carbocycles. The molecule has 1 unspecified atom stereocenters. The summed E-state index contributed by atoms with van der Waals surface area (Å²) in [6.45, 7) is 6.84. The first-order valence-electron chi connectivity index (χ1n) is 7.92. The predicted molar refractivity (Wildman–Crippen MR) is 82.9 cm³/mol. The molecular weight excluding hydrogens is 264 g/mol. The van der Waals surface area contributed by atoms with Crippen LogP contribution in [0.4, 0.5) is 0 Å². The van der Waals surface area contributed by atoms with Gasteiger partial charge in [-0.2, -0.15) is 10.1 Å². The summed E-state index contributed by atoms with van der Waals surface area (Å²) in [5, 5.41) is 8.44. The van der Waals surface area contributed by atoms with E-state index in [-0.39, 0.29) is 5.41 Å². The maximum atomic E-state index is 4.82. The van der Waals surface area contributed by atoms with E-state index in [1.807, 2.05) is 11.7 Å². The van der Waals surface area contributed by atoms with Gasteiger partial charge < -0.3 is 4.52 Å². The van der Waals surface area contributed by atoms with Crippen molar-refractivity contribution in [3.63, 3.8) is 0 Å². The molecule has 0 aliphatic heterocycles. The predicted octanol–water partition coefficient (Wildman–Crippen LogP) is 4.11. The highest BCUT2D eigenvalue weighted by atomic mass is 16.5. The Kier molecular flexibility index (Phi) is 5.15. The molecule has 2 aromatic heterocycles. The van der Waals surface area contributed by atoms with Crippen LogP contribution in [0.3, 0.4) is 0 Å². The standard InChI is InChI=1S/C16H26N4O/c1-5-7-8-10-16(3,9-6-2)14-11-13(18-20(14)4)15-17-12-21-19-15/h11-12H,5-10H2,1-4H3. The summed E-state index contributed by atoms with van der Waals surface area (Å²) >= 11 is 0. The van der Waals surface area contributed by atoms with Crippen LogP contribution in [0.1, 0.15) is 65.0 Å². The Labute approximate surface area is 126 Å². The zero-order valence-electron chi connectivity index (χ0n) is 13.6.